The van der Waals surface area contributed by atoms with Gasteiger partial charge in [-0.2, -0.15) is 18.4 Å². The zero-order valence-corrected chi connectivity index (χ0v) is 6.27. The second kappa shape index (κ2) is 3.95. The molecule has 0 radical (unpaired) electrons. The summed E-state index contributed by atoms with van der Waals surface area (Å²) in [5.74, 6) is -1.18. The molecule has 0 heterocycles. The van der Waals surface area contributed by atoms with E-state index in [4.69, 9.17) is 5.26 Å². The van der Waals surface area contributed by atoms with E-state index in [1.54, 1.807) is 6.07 Å². The summed E-state index contributed by atoms with van der Waals surface area (Å²) >= 11 is 0. The molecule has 0 aliphatic rings. The number of nitrogens with zero attached hydrogens (tertiary/aromatic N) is 1. The zero-order chi connectivity index (χ0) is 9.78. The number of halogens is 3. The molecule has 12 heavy (non-hydrogen) atoms. The minimum Gasteiger partial charge on any atom is -0.340 e. The topological polar surface area (TPSA) is 52.9 Å². The van der Waals surface area contributed by atoms with Crippen LogP contribution in [0.15, 0.2) is 0 Å². The van der Waals surface area contributed by atoms with Crippen molar-refractivity contribution in [2.45, 2.75) is 25.6 Å². The highest BCUT2D eigenvalue weighted by Crippen LogP contribution is 2.18. The molecule has 0 aromatic rings. The molecule has 1 N–H and O–H groups in total. The van der Waals surface area contributed by atoms with Crippen LogP contribution in [0.2, 0.25) is 0 Å². The van der Waals surface area contributed by atoms with E-state index in [0.29, 0.717) is 0 Å². The number of carbonyl (C=O) groups is 1. The van der Waals surface area contributed by atoms with Crippen molar-refractivity contribution in [3.63, 3.8) is 0 Å². The number of alkyl halides is 3. The molecule has 0 saturated carbocycles. The third kappa shape index (κ3) is 5.53. The summed E-state index contributed by atoms with van der Waals surface area (Å²) in [5.41, 5.74) is 0. The van der Waals surface area contributed by atoms with Crippen molar-refractivity contribution in [2.24, 2.45) is 0 Å². The minimum absolute atomic E-state index is 0.889. The number of amides is 1. The number of rotatable bonds is 2. The monoisotopic (exact) mass is 180 g/mol. The van der Waals surface area contributed by atoms with Crippen LogP contribution in [0.3, 0.4) is 0 Å². The SMILES string of the molecule is CC(C#N)NC(=O)CC(F)(F)F. The Hall–Kier alpha value is -1.25. The van der Waals surface area contributed by atoms with Crippen molar-refractivity contribution in [3.05, 3.63) is 0 Å². The Morgan fingerprint density at radius 1 is 1.67 bits per heavy atom. The van der Waals surface area contributed by atoms with Crippen molar-refractivity contribution in [1.29, 1.82) is 5.26 Å². The van der Waals surface area contributed by atoms with Gasteiger partial charge in [-0.1, -0.05) is 0 Å². The van der Waals surface area contributed by atoms with E-state index in [1.165, 1.54) is 6.92 Å². The molecule has 1 atom stereocenters. The van der Waals surface area contributed by atoms with E-state index >= 15 is 0 Å². The fourth-order valence-corrected chi connectivity index (χ4v) is 0.507. The average molecular weight is 180 g/mol. The molecule has 0 aliphatic carbocycles. The molecule has 3 nitrogen and oxygen atoms in total. The van der Waals surface area contributed by atoms with Gasteiger partial charge in [-0.3, -0.25) is 4.79 Å². The van der Waals surface area contributed by atoms with Gasteiger partial charge in [0.2, 0.25) is 5.91 Å². The summed E-state index contributed by atoms with van der Waals surface area (Å²) < 4.78 is 34.6. The Bertz CT molecular complexity index is 206. The molecular formula is C6H7F3N2O. The Morgan fingerprint density at radius 3 is 2.50 bits per heavy atom. The zero-order valence-electron chi connectivity index (χ0n) is 6.27. The van der Waals surface area contributed by atoms with E-state index in [9.17, 15) is 18.0 Å². The first-order chi connectivity index (χ1) is 5.35. The molecule has 0 aromatic carbocycles. The molecular weight excluding hydrogens is 173 g/mol. The lowest BCUT2D eigenvalue weighted by Crippen LogP contribution is -2.34. The van der Waals surface area contributed by atoms with Crippen molar-refractivity contribution < 1.29 is 18.0 Å². The van der Waals surface area contributed by atoms with Crippen molar-refractivity contribution in [3.8, 4) is 6.07 Å². The molecule has 1 amide bonds. The van der Waals surface area contributed by atoms with Gasteiger partial charge in [-0.15, -0.1) is 0 Å². The predicted octanol–water partition coefficient (Wildman–Crippen LogP) is 0.967. The average Bonchev–Trinajstić information content (AvgIpc) is 1.82. The third-order valence-electron chi connectivity index (χ3n) is 0.932. The van der Waals surface area contributed by atoms with Gasteiger partial charge in [-0.05, 0) is 6.92 Å². The first-order valence-corrected chi connectivity index (χ1v) is 3.11. The summed E-state index contributed by atoms with van der Waals surface area (Å²) in [6, 6.07) is 0.693. The van der Waals surface area contributed by atoms with Crippen LogP contribution in [0.1, 0.15) is 13.3 Å². The molecule has 1 unspecified atom stereocenters. The standard InChI is InChI=1S/C6H7F3N2O/c1-4(3-10)11-5(12)2-6(7,8)9/h4H,2H2,1H3,(H,11,12). The van der Waals surface area contributed by atoms with Gasteiger partial charge in [0.05, 0.1) is 6.07 Å². The van der Waals surface area contributed by atoms with E-state index in [2.05, 4.69) is 0 Å². The highest BCUT2D eigenvalue weighted by Gasteiger charge is 2.31. The lowest BCUT2D eigenvalue weighted by molar-refractivity contribution is -0.153. The van der Waals surface area contributed by atoms with Gasteiger partial charge in [0.15, 0.2) is 0 Å². The second-order valence-electron chi connectivity index (χ2n) is 2.21. The third-order valence-corrected chi connectivity index (χ3v) is 0.932. The first kappa shape index (κ1) is 10.8. The van der Waals surface area contributed by atoms with Gasteiger partial charge in [0.1, 0.15) is 12.5 Å². The van der Waals surface area contributed by atoms with Crippen LogP contribution in [-0.4, -0.2) is 18.1 Å². The Morgan fingerprint density at radius 2 is 2.17 bits per heavy atom. The minimum atomic E-state index is -4.51. The Kier molecular flexibility index (Phi) is 3.54. The lowest BCUT2D eigenvalue weighted by Gasteiger charge is -2.07. The normalized spacial score (nSPS) is 13.2. The number of nitriles is 1. The smallest absolute Gasteiger partial charge is 0.340 e. The predicted molar refractivity (Wildman–Crippen MR) is 33.9 cm³/mol. The maximum absolute atomic E-state index is 11.5. The fourth-order valence-electron chi connectivity index (χ4n) is 0.507. The van der Waals surface area contributed by atoms with Crippen molar-refractivity contribution in [2.75, 3.05) is 0 Å². The molecule has 0 spiro atoms. The summed E-state index contributed by atoms with van der Waals surface area (Å²) in [4.78, 5) is 10.4. The van der Waals surface area contributed by atoms with E-state index in [-0.39, 0.29) is 0 Å². The molecule has 0 bridgehead atoms. The quantitative estimate of drug-likeness (QED) is 0.688. The molecule has 0 fully saturated rings. The second-order valence-corrected chi connectivity index (χ2v) is 2.21. The lowest BCUT2D eigenvalue weighted by atomic mass is 10.3. The maximum Gasteiger partial charge on any atom is 0.397 e. The molecule has 68 valence electrons. The van der Waals surface area contributed by atoms with Gasteiger partial charge < -0.3 is 5.32 Å². The van der Waals surface area contributed by atoms with Gasteiger partial charge >= 0.3 is 6.18 Å². The number of hydrogen-bond acceptors (Lipinski definition) is 2. The van der Waals surface area contributed by atoms with Gasteiger partial charge in [0, 0.05) is 0 Å². The van der Waals surface area contributed by atoms with Gasteiger partial charge in [-0.25, -0.2) is 0 Å². The van der Waals surface area contributed by atoms with Crippen molar-refractivity contribution >= 4 is 5.91 Å². The first-order valence-electron chi connectivity index (χ1n) is 3.11. The number of nitrogens with one attached hydrogen (secondary N) is 1. The van der Waals surface area contributed by atoms with Crippen LogP contribution < -0.4 is 5.32 Å². The fraction of sp³-hybridized carbons (Fsp3) is 0.667. The molecule has 6 heteroatoms. The highest BCUT2D eigenvalue weighted by molar-refractivity contribution is 5.77. The van der Waals surface area contributed by atoms with Crippen LogP contribution >= 0.6 is 0 Å². The Balaban J connectivity index is 3.85. The van der Waals surface area contributed by atoms with E-state index in [1.807, 2.05) is 5.32 Å². The van der Waals surface area contributed by atoms with Crippen LogP contribution in [0.25, 0.3) is 0 Å². The Labute approximate surface area is 67.2 Å². The largest absolute Gasteiger partial charge is 0.397 e. The summed E-state index contributed by atoms with van der Waals surface area (Å²) in [6.45, 7) is 1.30. The highest BCUT2D eigenvalue weighted by atomic mass is 19.4. The van der Waals surface area contributed by atoms with Crippen LogP contribution in [0.4, 0.5) is 13.2 Å². The molecule has 0 aliphatic heterocycles. The van der Waals surface area contributed by atoms with E-state index in [0.717, 1.165) is 0 Å². The van der Waals surface area contributed by atoms with Crippen molar-refractivity contribution in [1.82, 2.24) is 5.32 Å². The molecule has 0 rings (SSSR count). The summed E-state index contributed by atoms with van der Waals surface area (Å²) in [5, 5.41) is 10.0. The van der Waals surface area contributed by atoms with E-state index < -0.39 is 24.5 Å². The van der Waals surface area contributed by atoms with Crippen LogP contribution in [-0.2, 0) is 4.79 Å². The van der Waals surface area contributed by atoms with Gasteiger partial charge in [0.25, 0.3) is 0 Å². The number of hydrogen-bond donors (Lipinski definition) is 1. The molecule has 0 saturated heterocycles. The summed E-state index contributed by atoms with van der Waals surface area (Å²) in [7, 11) is 0. The van der Waals surface area contributed by atoms with Crippen LogP contribution in [0.5, 0.6) is 0 Å². The molecule has 0 aromatic heterocycles. The van der Waals surface area contributed by atoms with Crippen LogP contribution in [0, 0.1) is 11.3 Å². The summed E-state index contributed by atoms with van der Waals surface area (Å²) in [6.07, 6.45) is -6.06. The maximum atomic E-state index is 11.5. The number of carbonyl (C=O) groups excluding carboxylic acids is 1.